The molecule has 1 saturated heterocycles. The van der Waals surface area contributed by atoms with Crippen molar-refractivity contribution < 1.29 is 5.11 Å². The van der Waals surface area contributed by atoms with Crippen molar-refractivity contribution in [2.75, 3.05) is 44.7 Å². The minimum absolute atomic E-state index is 0. The summed E-state index contributed by atoms with van der Waals surface area (Å²) in [5.41, 5.74) is -0.570. The Hall–Kier alpha value is -0.680. The number of anilines is 1. The smallest absolute Gasteiger partial charge is 0.205 e. The number of halogens is 1. The second-order valence-electron chi connectivity index (χ2n) is 7.01. The van der Waals surface area contributed by atoms with E-state index in [1.807, 2.05) is 7.05 Å². The third kappa shape index (κ3) is 5.41. The largest absolute Gasteiger partial charge is 0.388 e. The first-order chi connectivity index (χ1) is 12.1. The summed E-state index contributed by atoms with van der Waals surface area (Å²) >= 11 is 1.49. The Morgan fingerprint density at radius 2 is 1.92 bits per heavy atom. The Morgan fingerprint density at radius 1 is 1.23 bits per heavy atom. The number of guanidine groups is 1. The van der Waals surface area contributed by atoms with Crippen LogP contribution in [0.1, 0.15) is 44.9 Å². The molecule has 26 heavy (non-hydrogen) atoms. The van der Waals surface area contributed by atoms with Crippen LogP contribution < -0.4 is 10.2 Å². The van der Waals surface area contributed by atoms with Crippen molar-refractivity contribution in [3.05, 3.63) is 5.82 Å². The number of aryl methyl sites for hydroxylation is 1. The van der Waals surface area contributed by atoms with Gasteiger partial charge in [0, 0.05) is 57.7 Å². The van der Waals surface area contributed by atoms with Crippen LogP contribution in [-0.4, -0.2) is 70.7 Å². The third-order valence-corrected chi connectivity index (χ3v) is 6.01. The predicted molar refractivity (Wildman–Crippen MR) is 118 cm³/mol. The molecule has 0 amide bonds. The molecule has 1 saturated carbocycles. The fourth-order valence-electron chi connectivity index (χ4n) is 3.59. The molecule has 2 heterocycles. The van der Waals surface area contributed by atoms with Crippen LogP contribution in [0.5, 0.6) is 0 Å². The molecule has 0 unspecified atom stereocenters. The fraction of sp³-hybridized carbons (Fsp3) is 0.824. The lowest BCUT2D eigenvalue weighted by molar-refractivity contribution is 0.00810. The Bertz CT molecular complexity index is 582. The molecule has 1 aromatic heterocycles. The monoisotopic (exact) mass is 494 g/mol. The first-order valence-corrected chi connectivity index (χ1v) is 10.2. The van der Waals surface area contributed by atoms with Crippen LogP contribution >= 0.6 is 35.5 Å². The molecule has 2 fully saturated rings. The van der Waals surface area contributed by atoms with E-state index in [9.17, 15) is 5.11 Å². The van der Waals surface area contributed by atoms with Crippen molar-refractivity contribution in [1.82, 2.24) is 19.6 Å². The number of nitrogens with one attached hydrogen (secondary N) is 1. The number of hydrogen-bond acceptors (Lipinski definition) is 6. The molecule has 2 N–H and O–H groups in total. The molecule has 1 aliphatic carbocycles. The summed E-state index contributed by atoms with van der Waals surface area (Å²) in [5, 5.41) is 15.1. The second-order valence-corrected chi connectivity index (χ2v) is 7.74. The van der Waals surface area contributed by atoms with Gasteiger partial charge < -0.3 is 20.2 Å². The summed E-state index contributed by atoms with van der Waals surface area (Å²) < 4.78 is 4.38. The number of aliphatic imine (C=N–C) groups is 1. The average molecular weight is 494 g/mol. The third-order valence-electron chi connectivity index (χ3n) is 5.19. The lowest BCUT2D eigenvalue weighted by Gasteiger charge is -2.38. The Labute approximate surface area is 177 Å². The first-order valence-electron chi connectivity index (χ1n) is 9.39. The molecule has 0 bridgehead atoms. The van der Waals surface area contributed by atoms with Crippen molar-refractivity contribution in [1.29, 1.82) is 0 Å². The highest BCUT2D eigenvalue weighted by Crippen LogP contribution is 2.27. The maximum Gasteiger partial charge on any atom is 0.205 e. The summed E-state index contributed by atoms with van der Waals surface area (Å²) in [6.07, 6.45) is 6.15. The van der Waals surface area contributed by atoms with Gasteiger partial charge in [0.15, 0.2) is 5.96 Å². The van der Waals surface area contributed by atoms with Gasteiger partial charge in [-0.3, -0.25) is 4.99 Å². The van der Waals surface area contributed by atoms with Gasteiger partial charge in [0.1, 0.15) is 5.82 Å². The molecule has 0 radical (unpaired) electrons. The number of piperazine rings is 1. The maximum absolute atomic E-state index is 10.7. The number of hydrogen-bond donors (Lipinski definition) is 2. The average Bonchev–Trinajstić information content (AvgIpc) is 3.12. The molecule has 1 aliphatic heterocycles. The minimum Gasteiger partial charge on any atom is -0.388 e. The van der Waals surface area contributed by atoms with Gasteiger partial charge in [-0.15, -0.1) is 24.0 Å². The molecular formula is C17H31IN6OS. The zero-order chi connectivity index (χ0) is 17.7. The van der Waals surface area contributed by atoms with Gasteiger partial charge in [-0.25, -0.2) is 4.98 Å². The van der Waals surface area contributed by atoms with Gasteiger partial charge in [-0.2, -0.15) is 4.37 Å². The second kappa shape index (κ2) is 10.0. The van der Waals surface area contributed by atoms with Crippen molar-refractivity contribution in [3.63, 3.8) is 0 Å². The van der Waals surface area contributed by atoms with Crippen LogP contribution in [-0.2, 0) is 6.42 Å². The highest BCUT2D eigenvalue weighted by atomic mass is 127. The van der Waals surface area contributed by atoms with E-state index in [1.54, 1.807) is 0 Å². The number of aliphatic hydroxyl groups is 1. The maximum atomic E-state index is 10.7. The summed E-state index contributed by atoms with van der Waals surface area (Å²) in [6, 6.07) is 0. The fourth-order valence-corrected chi connectivity index (χ4v) is 4.39. The SMILES string of the molecule is CCc1nsc(N2CCN(C(=NC)NCC3(O)CCCCC3)CC2)n1.I. The standard InChI is InChI=1S/C17H30N6OS.HI/c1-3-14-20-16(25-21-14)23-11-9-22(10-12-23)15(18-2)19-13-17(24)7-5-4-6-8-17;/h24H,3-13H2,1-2H3,(H,18,19);1H. The Kier molecular flexibility index (Phi) is 8.34. The summed E-state index contributed by atoms with van der Waals surface area (Å²) in [5.74, 6) is 1.82. The topological polar surface area (TPSA) is 76.9 Å². The molecule has 7 nitrogen and oxygen atoms in total. The zero-order valence-corrected chi connectivity index (χ0v) is 18.9. The molecule has 2 aliphatic rings. The van der Waals surface area contributed by atoms with Crippen LogP contribution in [0.4, 0.5) is 5.13 Å². The van der Waals surface area contributed by atoms with Gasteiger partial charge in [0.05, 0.1) is 5.60 Å². The van der Waals surface area contributed by atoms with Crippen LogP contribution in [0.25, 0.3) is 0 Å². The van der Waals surface area contributed by atoms with E-state index in [0.717, 1.165) is 75.2 Å². The van der Waals surface area contributed by atoms with Crippen LogP contribution in [0.15, 0.2) is 4.99 Å². The van der Waals surface area contributed by atoms with Gasteiger partial charge in [0.2, 0.25) is 5.13 Å². The van der Waals surface area contributed by atoms with E-state index in [4.69, 9.17) is 0 Å². The molecule has 0 spiro atoms. The van der Waals surface area contributed by atoms with E-state index in [-0.39, 0.29) is 24.0 Å². The normalized spacial score (nSPS) is 20.7. The van der Waals surface area contributed by atoms with Gasteiger partial charge >= 0.3 is 0 Å². The Morgan fingerprint density at radius 3 is 2.50 bits per heavy atom. The van der Waals surface area contributed by atoms with Crippen molar-refractivity contribution in [2.45, 2.75) is 51.0 Å². The van der Waals surface area contributed by atoms with Gasteiger partial charge in [-0.1, -0.05) is 26.2 Å². The van der Waals surface area contributed by atoms with E-state index < -0.39 is 5.60 Å². The molecular weight excluding hydrogens is 463 g/mol. The van der Waals surface area contributed by atoms with Crippen molar-refractivity contribution in [3.8, 4) is 0 Å². The minimum atomic E-state index is -0.570. The molecule has 0 atom stereocenters. The predicted octanol–water partition coefficient (Wildman–Crippen LogP) is 2.11. The molecule has 148 valence electrons. The summed E-state index contributed by atoms with van der Waals surface area (Å²) in [6.45, 7) is 6.32. The number of nitrogens with zero attached hydrogens (tertiary/aromatic N) is 5. The van der Waals surface area contributed by atoms with Crippen LogP contribution in [0, 0.1) is 0 Å². The lowest BCUT2D eigenvalue weighted by atomic mass is 9.85. The first kappa shape index (κ1) is 21.6. The highest BCUT2D eigenvalue weighted by molar-refractivity contribution is 14.0. The molecule has 1 aromatic rings. The van der Waals surface area contributed by atoms with Gasteiger partial charge in [-0.05, 0) is 12.8 Å². The van der Waals surface area contributed by atoms with Crippen molar-refractivity contribution >= 4 is 46.6 Å². The quantitative estimate of drug-likeness (QED) is 0.380. The number of aromatic nitrogens is 2. The number of rotatable bonds is 4. The van der Waals surface area contributed by atoms with Gasteiger partial charge in [0.25, 0.3) is 0 Å². The van der Waals surface area contributed by atoms with E-state index in [1.165, 1.54) is 18.0 Å². The van der Waals surface area contributed by atoms with Crippen molar-refractivity contribution in [2.24, 2.45) is 4.99 Å². The van der Waals surface area contributed by atoms with E-state index >= 15 is 0 Å². The summed E-state index contributed by atoms with van der Waals surface area (Å²) in [4.78, 5) is 13.6. The molecule has 3 rings (SSSR count). The Balaban J connectivity index is 0.00000243. The molecule has 0 aromatic carbocycles. The zero-order valence-electron chi connectivity index (χ0n) is 15.8. The van der Waals surface area contributed by atoms with Crippen LogP contribution in [0.3, 0.4) is 0 Å². The lowest BCUT2D eigenvalue weighted by Crippen LogP contribution is -2.55. The van der Waals surface area contributed by atoms with E-state index in [0.29, 0.717) is 6.54 Å². The molecule has 9 heteroatoms. The van der Waals surface area contributed by atoms with Crippen LogP contribution in [0.2, 0.25) is 0 Å². The summed E-state index contributed by atoms with van der Waals surface area (Å²) in [7, 11) is 1.82. The van der Waals surface area contributed by atoms with E-state index in [2.05, 4.69) is 36.4 Å². The highest BCUT2D eigenvalue weighted by Gasteiger charge is 2.30.